The van der Waals surface area contributed by atoms with Crippen LogP contribution in [0.1, 0.15) is 38.5 Å². The molecule has 20 heavy (non-hydrogen) atoms. The maximum Gasteiger partial charge on any atom is 0.310 e. The van der Waals surface area contributed by atoms with E-state index in [1.165, 1.54) is 26.4 Å². The molecule has 0 aromatic carbocycles. The molecule has 0 saturated carbocycles. The van der Waals surface area contributed by atoms with Crippen molar-refractivity contribution in [3.63, 3.8) is 0 Å². The van der Waals surface area contributed by atoms with Gasteiger partial charge < -0.3 is 9.64 Å². The minimum Gasteiger partial charge on any atom is -0.469 e. The monoisotopic (exact) mass is 282 g/mol. The number of likely N-dealkylation sites (tertiary alicyclic amines) is 2. The van der Waals surface area contributed by atoms with Crippen molar-refractivity contribution in [2.24, 2.45) is 5.92 Å². The Morgan fingerprint density at radius 2 is 1.70 bits per heavy atom. The van der Waals surface area contributed by atoms with Crippen LogP contribution in [-0.2, 0) is 14.3 Å². The highest BCUT2D eigenvalue weighted by Gasteiger charge is 2.30. The maximum atomic E-state index is 12.3. The Morgan fingerprint density at radius 3 is 2.35 bits per heavy atom. The van der Waals surface area contributed by atoms with Crippen molar-refractivity contribution >= 4 is 11.9 Å². The van der Waals surface area contributed by atoms with E-state index in [-0.39, 0.29) is 17.8 Å². The van der Waals surface area contributed by atoms with E-state index < -0.39 is 0 Å². The molecular weight excluding hydrogens is 256 g/mol. The molecule has 2 fully saturated rings. The number of rotatable bonds is 3. The van der Waals surface area contributed by atoms with Crippen LogP contribution in [0.25, 0.3) is 0 Å². The number of carbonyl (C=O) groups excluding carboxylic acids is 2. The number of methoxy groups -OCH3 is 1. The molecule has 1 unspecified atom stereocenters. The van der Waals surface area contributed by atoms with Crippen molar-refractivity contribution in [1.82, 2.24) is 9.80 Å². The SMILES string of the molecule is COC(=O)C1CCN(CC(=O)N2CCCCCCC2)C1. The van der Waals surface area contributed by atoms with Gasteiger partial charge in [-0.2, -0.15) is 0 Å². The van der Waals surface area contributed by atoms with Gasteiger partial charge in [0.05, 0.1) is 19.6 Å². The zero-order valence-corrected chi connectivity index (χ0v) is 12.5. The summed E-state index contributed by atoms with van der Waals surface area (Å²) < 4.78 is 4.77. The predicted molar refractivity (Wildman–Crippen MR) is 76.2 cm³/mol. The largest absolute Gasteiger partial charge is 0.469 e. The average Bonchev–Trinajstić information content (AvgIpc) is 2.85. The number of hydrogen-bond donors (Lipinski definition) is 0. The third-order valence-corrected chi connectivity index (χ3v) is 4.37. The van der Waals surface area contributed by atoms with Crippen molar-refractivity contribution in [1.29, 1.82) is 0 Å². The number of esters is 1. The lowest BCUT2D eigenvalue weighted by atomic mass is 10.1. The van der Waals surface area contributed by atoms with Crippen molar-refractivity contribution in [2.45, 2.75) is 38.5 Å². The van der Waals surface area contributed by atoms with Crippen LogP contribution in [0.2, 0.25) is 0 Å². The predicted octanol–water partition coefficient (Wildman–Crippen LogP) is 1.27. The normalized spacial score (nSPS) is 25.1. The molecule has 0 aromatic heterocycles. The first-order valence-corrected chi connectivity index (χ1v) is 7.78. The van der Waals surface area contributed by atoms with Gasteiger partial charge in [0.2, 0.25) is 5.91 Å². The molecule has 1 atom stereocenters. The standard InChI is InChI=1S/C15H26N2O3/c1-20-15(19)13-7-10-16(11-13)12-14(18)17-8-5-3-2-4-6-9-17/h13H,2-12H2,1H3. The summed E-state index contributed by atoms with van der Waals surface area (Å²) in [7, 11) is 1.43. The fourth-order valence-electron chi connectivity index (χ4n) is 3.12. The number of carbonyl (C=O) groups is 2. The third kappa shape index (κ3) is 4.20. The Balaban J connectivity index is 1.77. The molecule has 5 heteroatoms. The van der Waals surface area contributed by atoms with E-state index in [0.717, 1.165) is 38.9 Å². The molecule has 0 bridgehead atoms. The highest BCUT2D eigenvalue weighted by Crippen LogP contribution is 2.18. The molecule has 0 spiro atoms. The van der Waals surface area contributed by atoms with Crippen LogP contribution in [0.4, 0.5) is 0 Å². The smallest absolute Gasteiger partial charge is 0.310 e. The lowest BCUT2D eigenvalue weighted by Crippen LogP contribution is -2.41. The molecule has 1 amide bonds. The molecule has 5 nitrogen and oxygen atoms in total. The summed E-state index contributed by atoms with van der Waals surface area (Å²) in [5.41, 5.74) is 0. The van der Waals surface area contributed by atoms with Crippen LogP contribution in [-0.4, -0.2) is 61.5 Å². The lowest BCUT2D eigenvalue weighted by Gasteiger charge is -2.27. The van der Waals surface area contributed by atoms with Crippen LogP contribution >= 0.6 is 0 Å². The zero-order valence-electron chi connectivity index (χ0n) is 12.5. The second kappa shape index (κ2) is 7.62. The summed E-state index contributed by atoms with van der Waals surface area (Å²) in [6, 6.07) is 0. The maximum absolute atomic E-state index is 12.3. The minimum absolute atomic E-state index is 0.0554. The van der Waals surface area contributed by atoms with E-state index in [2.05, 4.69) is 4.90 Å². The Hall–Kier alpha value is -1.10. The Labute approximate surface area is 121 Å². The molecule has 2 aliphatic heterocycles. The van der Waals surface area contributed by atoms with Gasteiger partial charge in [-0.3, -0.25) is 14.5 Å². The van der Waals surface area contributed by atoms with Gasteiger partial charge in [0.15, 0.2) is 0 Å². The summed E-state index contributed by atoms with van der Waals surface area (Å²) in [6.45, 7) is 3.72. The van der Waals surface area contributed by atoms with Crippen LogP contribution in [0.15, 0.2) is 0 Å². The minimum atomic E-state index is -0.147. The van der Waals surface area contributed by atoms with Gasteiger partial charge in [-0.15, -0.1) is 0 Å². The van der Waals surface area contributed by atoms with Gasteiger partial charge in [0.1, 0.15) is 0 Å². The Kier molecular flexibility index (Phi) is 5.83. The van der Waals surface area contributed by atoms with Gasteiger partial charge in [0, 0.05) is 19.6 Å². The molecule has 2 heterocycles. The van der Waals surface area contributed by atoms with Crippen molar-refractivity contribution in [3.05, 3.63) is 0 Å². The van der Waals surface area contributed by atoms with E-state index >= 15 is 0 Å². The van der Waals surface area contributed by atoms with Gasteiger partial charge in [0.25, 0.3) is 0 Å². The summed E-state index contributed by atoms with van der Waals surface area (Å²) in [5, 5.41) is 0. The fraction of sp³-hybridized carbons (Fsp3) is 0.867. The molecule has 2 saturated heterocycles. The van der Waals surface area contributed by atoms with Gasteiger partial charge in [-0.1, -0.05) is 19.3 Å². The summed E-state index contributed by atoms with van der Waals surface area (Å²) in [4.78, 5) is 27.9. The van der Waals surface area contributed by atoms with E-state index in [1.807, 2.05) is 4.90 Å². The highest BCUT2D eigenvalue weighted by molar-refractivity contribution is 5.78. The quantitative estimate of drug-likeness (QED) is 0.732. The molecular formula is C15H26N2O3. The average molecular weight is 282 g/mol. The first-order valence-electron chi connectivity index (χ1n) is 7.78. The Morgan fingerprint density at radius 1 is 1.05 bits per heavy atom. The Bertz CT molecular complexity index is 338. The summed E-state index contributed by atoms with van der Waals surface area (Å²) in [5.74, 6) is 0.0174. The molecule has 114 valence electrons. The second-order valence-electron chi connectivity index (χ2n) is 5.89. The van der Waals surface area contributed by atoms with Crippen molar-refractivity contribution in [3.8, 4) is 0 Å². The zero-order chi connectivity index (χ0) is 14.4. The third-order valence-electron chi connectivity index (χ3n) is 4.37. The topological polar surface area (TPSA) is 49.9 Å². The lowest BCUT2D eigenvalue weighted by molar-refractivity contribution is -0.145. The molecule has 2 rings (SSSR count). The van der Waals surface area contributed by atoms with E-state index in [4.69, 9.17) is 4.74 Å². The highest BCUT2D eigenvalue weighted by atomic mass is 16.5. The van der Waals surface area contributed by atoms with Crippen LogP contribution in [0.5, 0.6) is 0 Å². The fourth-order valence-corrected chi connectivity index (χ4v) is 3.12. The first kappa shape index (κ1) is 15.3. The second-order valence-corrected chi connectivity index (χ2v) is 5.89. The summed E-state index contributed by atoms with van der Waals surface area (Å²) in [6.07, 6.45) is 6.82. The number of hydrogen-bond acceptors (Lipinski definition) is 4. The molecule has 0 N–H and O–H groups in total. The van der Waals surface area contributed by atoms with Gasteiger partial charge >= 0.3 is 5.97 Å². The number of amides is 1. The van der Waals surface area contributed by atoms with Crippen LogP contribution in [0.3, 0.4) is 0 Å². The van der Waals surface area contributed by atoms with Crippen molar-refractivity contribution < 1.29 is 14.3 Å². The molecule has 0 radical (unpaired) electrons. The summed E-state index contributed by atoms with van der Waals surface area (Å²) >= 11 is 0. The van der Waals surface area contributed by atoms with E-state index in [1.54, 1.807) is 0 Å². The van der Waals surface area contributed by atoms with Crippen LogP contribution in [0, 0.1) is 5.92 Å². The first-order chi connectivity index (χ1) is 9.70. The van der Waals surface area contributed by atoms with Crippen molar-refractivity contribution in [2.75, 3.05) is 39.8 Å². The number of ether oxygens (including phenoxy) is 1. The molecule has 2 aliphatic rings. The molecule has 0 aromatic rings. The van der Waals surface area contributed by atoms with E-state index in [9.17, 15) is 9.59 Å². The van der Waals surface area contributed by atoms with Gasteiger partial charge in [-0.05, 0) is 25.8 Å². The number of nitrogens with zero attached hydrogens (tertiary/aromatic N) is 2. The molecule has 0 aliphatic carbocycles. The van der Waals surface area contributed by atoms with Crippen LogP contribution < -0.4 is 0 Å². The van der Waals surface area contributed by atoms with E-state index in [0.29, 0.717) is 13.1 Å². The van der Waals surface area contributed by atoms with Gasteiger partial charge in [-0.25, -0.2) is 0 Å².